The maximum Gasteiger partial charge on any atom is 0.281 e. The van der Waals surface area contributed by atoms with Crippen molar-refractivity contribution in [3.63, 3.8) is 0 Å². The molecule has 6 rings (SSSR count). The lowest BCUT2D eigenvalue weighted by Crippen LogP contribution is -2.43. The van der Waals surface area contributed by atoms with Gasteiger partial charge < -0.3 is 15.0 Å². The molecule has 2 amide bonds. The number of anilines is 1. The topological polar surface area (TPSA) is 95.7 Å². The standard InChI is InChI=1S/C37H36N4O3S/c1-24-18-20-30(21-19-24)39-34(42)33-31-16-10-11-17-32(31)45-35(33)41-25(2)22-27(26(41)3)23-38-40-36(43)37(44,28-12-6-4-7-13-28)29-14-8-5-9-15-29/h4-9,12-15,18-23,44H,10-11,16-17H2,1-3H3,(H,39,42)(H,40,43). The highest BCUT2D eigenvalue weighted by Crippen LogP contribution is 2.39. The number of hydrogen-bond acceptors (Lipinski definition) is 5. The van der Waals surface area contributed by atoms with Crippen LogP contribution in [0.2, 0.25) is 0 Å². The monoisotopic (exact) mass is 616 g/mol. The van der Waals surface area contributed by atoms with Crippen LogP contribution in [0.3, 0.4) is 0 Å². The number of carbonyl (C=O) groups is 2. The first kappa shape index (κ1) is 30.2. The quantitative estimate of drug-likeness (QED) is 0.130. The Morgan fingerprint density at radius 3 is 2.16 bits per heavy atom. The summed E-state index contributed by atoms with van der Waals surface area (Å²) in [6.45, 7) is 6.02. The third kappa shape index (κ3) is 5.87. The van der Waals surface area contributed by atoms with Crippen LogP contribution in [0.25, 0.3) is 5.00 Å². The van der Waals surface area contributed by atoms with Crippen molar-refractivity contribution in [1.82, 2.24) is 9.99 Å². The van der Waals surface area contributed by atoms with Crippen LogP contribution in [0, 0.1) is 20.8 Å². The van der Waals surface area contributed by atoms with E-state index in [0.29, 0.717) is 11.1 Å². The number of hydrazone groups is 1. The van der Waals surface area contributed by atoms with Crippen molar-refractivity contribution in [2.75, 3.05) is 5.32 Å². The van der Waals surface area contributed by atoms with Gasteiger partial charge in [0.1, 0.15) is 5.00 Å². The van der Waals surface area contributed by atoms with E-state index < -0.39 is 11.5 Å². The number of thiophene rings is 1. The molecule has 2 aromatic heterocycles. The highest BCUT2D eigenvalue weighted by atomic mass is 32.1. The van der Waals surface area contributed by atoms with Gasteiger partial charge in [-0.15, -0.1) is 11.3 Å². The first-order chi connectivity index (χ1) is 21.8. The summed E-state index contributed by atoms with van der Waals surface area (Å²) in [6, 6.07) is 27.5. The van der Waals surface area contributed by atoms with Gasteiger partial charge in [-0.1, -0.05) is 78.4 Å². The summed E-state index contributed by atoms with van der Waals surface area (Å²) in [7, 11) is 0. The van der Waals surface area contributed by atoms with Gasteiger partial charge >= 0.3 is 0 Å². The molecule has 0 radical (unpaired) electrons. The normalized spacial score (nSPS) is 13.1. The van der Waals surface area contributed by atoms with E-state index >= 15 is 0 Å². The number of amides is 2. The number of rotatable bonds is 8. The van der Waals surface area contributed by atoms with Crippen LogP contribution in [-0.2, 0) is 23.2 Å². The average molecular weight is 617 g/mol. The number of benzene rings is 3. The molecule has 5 aromatic rings. The summed E-state index contributed by atoms with van der Waals surface area (Å²) in [5.74, 6) is -0.768. The Hall–Kier alpha value is -4.79. The number of aromatic nitrogens is 1. The molecule has 228 valence electrons. The Balaban J connectivity index is 1.30. The number of nitrogens with zero attached hydrogens (tertiary/aromatic N) is 2. The van der Waals surface area contributed by atoms with Gasteiger partial charge in [-0.25, -0.2) is 5.43 Å². The minimum Gasteiger partial charge on any atom is -0.372 e. The molecule has 1 aliphatic carbocycles. The van der Waals surface area contributed by atoms with Crippen molar-refractivity contribution in [2.45, 2.75) is 52.1 Å². The van der Waals surface area contributed by atoms with Crippen molar-refractivity contribution in [3.8, 4) is 5.00 Å². The molecule has 0 atom stereocenters. The van der Waals surface area contributed by atoms with Gasteiger partial charge in [-0.3, -0.25) is 9.59 Å². The predicted octanol–water partition coefficient (Wildman–Crippen LogP) is 6.98. The Bertz CT molecular complexity index is 1830. The fraction of sp³-hybridized carbons (Fsp3) is 0.216. The first-order valence-electron chi connectivity index (χ1n) is 15.2. The van der Waals surface area contributed by atoms with Crippen molar-refractivity contribution in [3.05, 3.63) is 141 Å². The second-order valence-corrected chi connectivity index (χ2v) is 12.6. The molecule has 45 heavy (non-hydrogen) atoms. The Kier molecular flexibility index (Phi) is 8.52. The maximum atomic E-state index is 13.8. The Labute approximate surface area is 267 Å². The summed E-state index contributed by atoms with van der Waals surface area (Å²) in [5.41, 5.74) is 7.96. The van der Waals surface area contributed by atoms with Crippen molar-refractivity contribution < 1.29 is 14.7 Å². The minimum absolute atomic E-state index is 0.107. The number of aryl methyl sites for hydroxylation is 3. The lowest BCUT2D eigenvalue weighted by molar-refractivity contribution is -0.136. The maximum absolute atomic E-state index is 13.8. The van der Waals surface area contributed by atoms with Crippen LogP contribution in [0.15, 0.2) is 96.1 Å². The average Bonchev–Trinajstić information content (AvgIpc) is 3.58. The minimum atomic E-state index is -1.92. The molecule has 2 heterocycles. The van der Waals surface area contributed by atoms with Crippen molar-refractivity contribution in [2.24, 2.45) is 5.10 Å². The van der Waals surface area contributed by atoms with Crippen LogP contribution in [0.1, 0.15) is 67.3 Å². The number of nitrogens with one attached hydrogen (secondary N) is 2. The fourth-order valence-electron chi connectivity index (χ4n) is 6.03. The van der Waals surface area contributed by atoms with Gasteiger partial charge in [0.25, 0.3) is 11.8 Å². The SMILES string of the molecule is Cc1ccc(NC(=O)c2c(-n3c(C)cc(C=NNC(=O)C(O)(c4ccccc4)c4ccccc4)c3C)sc3c2CCCC3)cc1. The molecule has 7 nitrogen and oxygen atoms in total. The summed E-state index contributed by atoms with van der Waals surface area (Å²) in [6.07, 6.45) is 5.62. The lowest BCUT2D eigenvalue weighted by Gasteiger charge is -2.27. The van der Waals surface area contributed by atoms with E-state index in [0.717, 1.165) is 70.0 Å². The first-order valence-corrected chi connectivity index (χ1v) is 16.0. The van der Waals surface area contributed by atoms with E-state index in [1.54, 1.807) is 66.1 Å². The van der Waals surface area contributed by atoms with Crippen LogP contribution >= 0.6 is 11.3 Å². The van der Waals surface area contributed by atoms with Crippen molar-refractivity contribution >= 4 is 35.1 Å². The second kappa shape index (κ2) is 12.7. The highest BCUT2D eigenvalue weighted by Gasteiger charge is 2.40. The molecular weight excluding hydrogens is 580 g/mol. The third-order valence-corrected chi connectivity index (χ3v) is 9.72. The fourth-order valence-corrected chi connectivity index (χ4v) is 7.53. The zero-order chi connectivity index (χ0) is 31.6. The molecule has 3 aromatic carbocycles. The van der Waals surface area contributed by atoms with Gasteiger partial charge in [0.05, 0.1) is 11.8 Å². The van der Waals surface area contributed by atoms with Crippen LogP contribution in [-0.4, -0.2) is 27.7 Å². The van der Waals surface area contributed by atoms with Gasteiger partial charge in [0.2, 0.25) is 0 Å². The second-order valence-electron chi connectivity index (χ2n) is 11.5. The highest BCUT2D eigenvalue weighted by molar-refractivity contribution is 7.15. The van der Waals surface area contributed by atoms with Gasteiger partial charge in [0.15, 0.2) is 5.60 Å². The summed E-state index contributed by atoms with van der Waals surface area (Å²) in [5, 5.41) is 20.0. The molecule has 3 N–H and O–H groups in total. The molecule has 0 aliphatic heterocycles. The van der Waals surface area contributed by atoms with Gasteiger partial charge in [-0.2, -0.15) is 5.10 Å². The van der Waals surface area contributed by atoms with E-state index in [1.807, 2.05) is 63.2 Å². The molecule has 0 bridgehead atoms. The Morgan fingerprint density at radius 1 is 0.889 bits per heavy atom. The van der Waals surface area contributed by atoms with Crippen LogP contribution < -0.4 is 10.7 Å². The van der Waals surface area contributed by atoms with E-state index in [-0.39, 0.29) is 5.91 Å². The summed E-state index contributed by atoms with van der Waals surface area (Å²) in [4.78, 5) is 28.6. The molecule has 0 saturated heterocycles. The number of hydrogen-bond donors (Lipinski definition) is 3. The van der Waals surface area contributed by atoms with Crippen LogP contribution in [0.5, 0.6) is 0 Å². The predicted molar refractivity (Wildman–Crippen MR) is 181 cm³/mol. The van der Waals surface area contributed by atoms with E-state index in [1.165, 1.54) is 4.88 Å². The van der Waals surface area contributed by atoms with Crippen molar-refractivity contribution in [1.29, 1.82) is 0 Å². The van der Waals surface area contributed by atoms with E-state index in [4.69, 9.17) is 0 Å². The molecule has 1 aliphatic rings. The van der Waals surface area contributed by atoms with Gasteiger partial charge in [-0.05, 0) is 81.3 Å². The zero-order valence-corrected chi connectivity index (χ0v) is 26.4. The molecule has 0 unspecified atom stereocenters. The lowest BCUT2D eigenvalue weighted by atomic mass is 9.85. The molecular formula is C37H36N4O3S. The summed E-state index contributed by atoms with van der Waals surface area (Å²) >= 11 is 1.68. The number of carbonyl (C=O) groups excluding carboxylic acids is 2. The van der Waals surface area contributed by atoms with Crippen LogP contribution in [0.4, 0.5) is 5.69 Å². The molecule has 0 saturated carbocycles. The number of fused-ring (bicyclic) bond motifs is 1. The molecule has 0 spiro atoms. The summed E-state index contributed by atoms with van der Waals surface area (Å²) < 4.78 is 2.11. The zero-order valence-electron chi connectivity index (χ0n) is 25.6. The molecule has 0 fully saturated rings. The third-order valence-electron chi connectivity index (χ3n) is 8.44. The number of aliphatic hydroxyl groups is 1. The smallest absolute Gasteiger partial charge is 0.281 e. The van der Waals surface area contributed by atoms with Gasteiger partial charge in [0, 0.05) is 27.5 Å². The molecule has 8 heteroatoms. The largest absolute Gasteiger partial charge is 0.372 e. The Morgan fingerprint density at radius 2 is 1.51 bits per heavy atom. The van der Waals surface area contributed by atoms with E-state index in [2.05, 4.69) is 20.4 Å². The van der Waals surface area contributed by atoms with E-state index in [9.17, 15) is 14.7 Å².